The molecule has 1 aliphatic rings. The third-order valence-corrected chi connectivity index (χ3v) is 4.48. The van der Waals surface area contributed by atoms with Crippen molar-refractivity contribution >= 4 is 5.91 Å². The standard InChI is InChI=1S/C22H26F2N2O5/c1-3-28-20-10-15(8-9-19(20)31-22(23)24)12-26(2)13-21(27)25-11-16-14-29-17-6-4-5-7-18(17)30-16/h4-10,16,22H,3,11-14H2,1-2H3,(H,25,27). The highest BCUT2D eigenvalue weighted by Gasteiger charge is 2.21. The SMILES string of the molecule is CCOc1cc(CN(C)CC(=O)NCC2COc3ccccc3O2)ccc1OC(F)F. The summed E-state index contributed by atoms with van der Waals surface area (Å²) >= 11 is 0. The zero-order valence-corrected chi connectivity index (χ0v) is 17.5. The van der Waals surface area contributed by atoms with Crippen molar-refractivity contribution in [3.8, 4) is 23.0 Å². The monoisotopic (exact) mass is 436 g/mol. The van der Waals surface area contributed by atoms with Gasteiger partial charge in [-0.3, -0.25) is 9.69 Å². The van der Waals surface area contributed by atoms with Crippen molar-refractivity contribution < 1.29 is 32.5 Å². The van der Waals surface area contributed by atoms with Crippen LogP contribution in [0.3, 0.4) is 0 Å². The summed E-state index contributed by atoms with van der Waals surface area (Å²) in [6, 6.07) is 12.1. The van der Waals surface area contributed by atoms with E-state index in [9.17, 15) is 13.6 Å². The Kier molecular flexibility index (Phi) is 7.88. The van der Waals surface area contributed by atoms with E-state index in [0.29, 0.717) is 37.8 Å². The van der Waals surface area contributed by atoms with Gasteiger partial charge in [-0.05, 0) is 43.8 Å². The lowest BCUT2D eigenvalue weighted by atomic mass is 10.2. The molecule has 1 amide bonds. The number of hydrogen-bond acceptors (Lipinski definition) is 6. The van der Waals surface area contributed by atoms with Crippen molar-refractivity contribution in [1.82, 2.24) is 10.2 Å². The zero-order chi connectivity index (χ0) is 22.2. The van der Waals surface area contributed by atoms with Gasteiger partial charge < -0.3 is 24.3 Å². The van der Waals surface area contributed by atoms with Gasteiger partial charge in [-0.15, -0.1) is 0 Å². The number of nitrogens with one attached hydrogen (secondary N) is 1. The minimum atomic E-state index is -2.93. The predicted octanol–water partition coefficient (Wildman–Crippen LogP) is 3.07. The van der Waals surface area contributed by atoms with E-state index in [-0.39, 0.29) is 30.1 Å². The van der Waals surface area contributed by atoms with Crippen molar-refractivity contribution in [2.24, 2.45) is 0 Å². The number of likely N-dealkylation sites (N-methyl/N-ethyl adjacent to an activating group) is 1. The maximum atomic E-state index is 12.5. The van der Waals surface area contributed by atoms with E-state index in [1.807, 2.05) is 29.2 Å². The van der Waals surface area contributed by atoms with Crippen LogP contribution in [0.1, 0.15) is 12.5 Å². The number of carbonyl (C=O) groups excluding carboxylic acids is 1. The Morgan fingerprint density at radius 1 is 1.23 bits per heavy atom. The molecule has 7 nitrogen and oxygen atoms in total. The van der Waals surface area contributed by atoms with Gasteiger partial charge in [-0.2, -0.15) is 8.78 Å². The molecule has 2 aromatic carbocycles. The van der Waals surface area contributed by atoms with Gasteiger partial charge in [-0.1, -0.05) is 18.2 Å². The second-order valence-electron chi connectivity index (χ2n) is 7.07. The second kappa shape index (κ2) is 10.8. The van der Waals surface area contributed by atoms with E-state index in [4.69, 9.17) is 14.2 Å². The van der Waals surface area contributed by atoms with E-state index < -0.39 is 6.61 Å². The number of ether oxygens (including phenoxy) is 4. The van der Waals surface area contributed by atoms with Crippen LogP contribution in [0.15, 0.2) is 42.5 Å². The quantitative estimate of drug-likeness (QED) is 0.618. The molecule has 0 radical (unpaired) electrons. The highest BCUT2D eigenvalue weighted by atomic mass is 19.3. The molecule has 9 heteroatoms. The van der Waals surface area contributed by atoms with Crippen molar-refractivity contribution in [3.63, 3.8) is 0 Å². The molecule has 0 saturated carbocycles. The molecule has 1 atom stereocenters. The Morgan fingerprint density at radius 3 is 2.74 bits per heavy atom. The van der Waals surface area contributed by atoms with Crippen LogP contribution >= 0.6 is 0 Å². The molecule has 168 valence electrons. The fraction of sp³-hybridized carbons (Fsp3) is 0.409. The van der Waals surface area contributed by atoms with E-state index in [1.54, 1.807) is 26.1 Å². The van der Waals surface area contributed by atoms with Crippen LogP contribution in [0.4, 0.5) is 8.78 Å². The number of benzene rings is 2. The highest BCUT2D eigenvalue weighted by molar-refractivity contribution is 5.78. The Labute approximate surface area is 179 Å². The summed E-state index contributed by atoms with van der Waals surface area (Å²) in [5.74, 6) is 1.42. The zero-order valence-electron chi connectivity index (χ0n) is 17.5. The van der Waals surface area contributed by atoms with Crippen LogP contribution in [0.5, 0.6) is 23.0 Å². The molecular weight excluding hydrogens is 410 g/mol. The molecule has 31 heavy (non-hydrogen) atoms. The summed E-state index contributed by atoms with van der Waals surface area (Å²) in [7, 11) is 1.79. The molecule has 3 rings (SSSR count). The molecule has 0 spiro atoms. The Hall–Kier alpha value is -3.07. The molecule has 0 aliphatic carbocycles. The lowest BCUT2D eigenvalue weighted by Crippen LogP contribution is -2.43. The van der Waals surface area contributed by atoms with Crippen LogP contribution in [0.2, 0.25) is 0 Å². The van der Waals surface area contributed by atoms with E-state index in [2.05, 4.69) is 10.1 Å². The first kappa shape index (κ1) is 22.6. The van der Waals surface area contributed by atoms with Gasteiger partial charge in [0, 0.05) is 6.54 Å². The highest BCUT2D eigenvalue weighted by Crippen LogP contribution is 2.31. The first-order valence-electron chi connectivity index (χ1n) is 9.99. The average molecular weight is 436 g/mol. The fourth-order valence-electron chi connectivity index (χ4n) is 3.17. The molecule has 0 saturated heterocycles. The Bertz CT molecular complexity index is 881. The molecule has 0 aromatic heterocycles. The third kappa shape index (κ3) is 6.71. The number of hydrogen-bond donors (Lipinski definition) is 1. The number of amides is 1. The maximum absolute atomic E-state index is 12.5. The summed E-state index contributed by atoms with van der Waals surface area (Å²) < 4.78 is 46.4. The average Bonchev–Trinajstić information content (AvgIpc) is 2.74. The van der Waals surface area contributed by atoms with Crippen molar-refractivity contribution in [1.29, 1.82) is 0 Å². The van der Waals surface area contributed by atoms with Crippen LogP contribution in [-0.4, -0.2) is 56.9 Å². The Balaban J connectivity index is 1.47. The van der Waals surface area contributed by atoms with Crippen LogP contribution < -0.4 is 24.3 Å². The van der Waals surface area contributed by atoms with Crippen molar-refractivity contribution in [2.75, 3.05) is 33.4 Å². The van der Waals surface area contributed by atoms with Crippen LogP contribution in [0.25, 0.3) is 0 Å². The minimum Gasteiger partial charge on any atom is -0.490 e. The molecule has 1 unspecified atom stereocenters. The van der Waals surface area contributed by atoms with Crippen LogP contribution in [-0.2, 0) is 11.3 Å². The number of fused-ring (bicyclic) bond motifs is 1. The van der Waals surface area contributed by atoms with Gasteiger partial charge in [0.05, 0.1) is 19.7 Å². The first-order valence-corrected chi connectivity index (χ1v) is 9.99. The molecule has 0 fully saturated rings. The van der Waals surface area contributed by atoms with E-state index >= 15 is 0 Å². The van der Waals surface area contributed by atoms with Gasteiger partial charge in [-0.25, -0.2) is 0 Å². The van der Waals surface area contributed by atoms with Gasteiger partial charge in [0.15, 0.2) is 23.0 Å². The number of alkyl halides is 2. The normalized spacial score (nSPS) is 15.1. The number of carbonyl (C=O) groups is 1. The summed E-state index contributed by atoms with van der Waals surface area (Å²) in [5.41, 5.74) is 0.806. The largest absolute Gasteiger partial charge is 0.490 e. The van der Waals surface area contributed by atoms with Gasteiger partial charge in [0.25, 0.3) is 0 Å². The number of rotatable bonds is 10. The smallest absolute Gasteiger partial charge is 0.387 e. The number of para-hydroxylation sites is 2. The summed E-state index contributed by atoms with van der Waals surface area (Å²) in [6.45, 7) is 0.425. The lowest BCUT2D eigenvalue weighted by Gasteiger charge is -2.26. The van der Waals surface area contributed by atoms with E-state index in [0.717, 1.165) is 5.56 Å². The fourth-order valence-corrected chi connectivity index (χ4v) is 3.17. The summed E-state index contributed by atoms with van der Waals surface area (Å²) in [6.07, 6.45) is -0.264. The lowest BCUT2D eigenvalue weighted by molar-refractivity contribution is -0.122. The minimum absolute atomic E-state index is 0.0164. The van der Waals surface area contributed by atoms with Crippen molar-refractivity contribution in [2.45, 2.75) is 26.2 Å². The molecular formula is C22H26F2N2O5. The van der Waals surface area contributed by atoms with Gasteiger partial charge in [0.1, 0.15) is 12.7 Å². The molecule has 1 aliphatic heterocycles. The topological polar surface area (TPSA) is 69.3 Å². The number of halogens is 2. The number of nitrogens with zero attached hydrogens (tertiary/aromatic N) is 1. The summed E-state index contributed by atoms with van der Waals surface area (Å²) in [5, 5.41) is 2.85. The first-order chi connectivity index (χ1) is 14.9. The van der Waals surface area contributed by atoms with Crippen LogP contribution in [0, 0.1) is 0 Å². The van der Waals surface area contributed by atoms with Gasteiger partial charge in [0.2, 0.25) is 5.91 Å². The van der Waals surface area contributed by atoms with E-state index in [1.165, 1.54) is 6.07 Å². The Morgan fingerprint density at radius 2 is 2.00 bits per heavy atom. The molecule has 2 aromatic rings. The molecule has 1 heterocycles. The predicted molar refractivity (Wildman–Crippen MR) is 110 cm³/mol. The third-order valence-electron chi connectivity index (χ3n) is 4.48. The molecule has 1 N–H and O–H groups in total. The second-order valence-corrected chi connectivity index (χ2v) is 7.07. The maximum Gasteiger partial charge on any atom is 0.387 e. The summed E-state index contributed by atoms with van der Waals surface area (Å²) in [4.78, 5) is 14.1. The van der Waals surface area contributed by atoms with Crippen molar-refractivity contribution in [3.05, 3.63) is 48.0 Å². The molecule has 0 bridgehead atoms. The van der Waals surface area contributed by atoms with Gasteiger partial charge >= 0.3 is 6.61 Å².